The van der Waals surface area contributed by atoms with Crippen molar-refractivity contribution in [3.05, 3.63) is 41.5 Å². The van der Waals surface area contributed by atoms with Crippen molar-refractivity contribution in [2.24, 2.45) is 0 Å². The van der Waals surface area contributed by atoms with E-state index >= 15 is 0 Å². The summed E-state index contributed by atoms with van der Waals surface area (Å²) in [7, 11) is 1.94. The molecule has 1 atom stereocenters. The van der Waals surface area contributed by atoms with Crippen molar-refractivity contribution in [2.75, 3.05) is 13.7 Å². The molecule has 0 saturated carbocycles. The molecule has 0 amide bonds. The zero-order valence-corrected chi connectivity index (χ0v) is 12.6. The highest BCUT2D eigenvalue weighted by atomic mass is 16.5. The van der Waals surface area contributed by atoms with Crippen LogP contribution in [0, 0.1) is 6.92 Å². The van der Waals surface area contributed by atoms with Crippen LogP contribution in [-0.2, 0) is 6.54 Å². The molecule has 108 valence electrons. The van der Waals surface area contributed by atoms with Gasteiger partial charge in [-0.1, -0.05) is 0 Å². The lowest BCUT2D eigenvalue weighted by atomic mass is 10.1. The third kappa shape index (κ3) is 2.99. The number of ether oxygens (including phenoxy) is 1. The van der Waals surface area contributed by atoms with Gasteiger partial charge in [-0.05, 0) is 45.5 Å². The summed E-state index contributed by atoms with van der Waals surface area (Å²) in [4.78, 5) is 4.27. The Hall–Kier alpha value is -1.88. The summed E-state index contributed by atoms with van der Waals surface area (Å²) < 4.78 is 7.54. The highest BCUT2D eigenvalue weighted by molar-refractivity contribution is 5.32. The highest BCUT2D eigenvalue weighted by Crippen LogP contribution is 2.24. The SMILES string of the molecule is CCOc1cncc(C(NC)c2cc(C)nn2CC)c1. The lowest BCUT2D eigenvalue weighted by molar-refractivity contribution is 0.338. The summed E-state index contributed by atoms with van der Waals surface area (Å²) in [6, 6.07) is 4.20. The van der Waals surface area contributed by atoms with E-state index in [1.807, 2.05) is 37.8 Å². The summed E-state index contributed by atoms with van der Waals surface area (Å²) in [6.45, 7) is 7.56. The molecule has 0 aliphatic rings. The topological polar surface area (TPSA) is 52.0 Å². The second kappa shape index (κ2) is 6.52. The van der Waals surface area contributed by atoms with Gasteiger partial charge in [0, 0.05) is 12.7 Å². The van der Waals surface area contributed by atoms with Crippen LogP contribution in [0.4, 0.5) is 0 Å². The predicted molar refractivity (Wildman–Crippen MR) is 78.9 cm³/mol. The maximum absolute atomic E-state index is 5.53. The number of rotatable bonds is 6. The molecule has 2 rings (SSSR count). The molecule has 20 heavy (non-hydrogen) atoms. The molecule has 2 heterocycles. The number of aromatic nitrogens is 3. The number of hydrogen-bond acceptors (Lipinski definition) is 4. The summed E-state index contributed by atoms with van der Waals surface area (Å²) in [6.07, 6.45) is 3.61. The van der Waals surface area contributed by atoms with E-state index in [0.29, 0.717) is 6.61 Å². The van der Waals surface area contributed by atoms with Crippen LogP contribution < -0.4 is 10.1 Å². The van der Waals surface area contributed by atoms with Gasteiger partial charge >= 0.3 is 0 Å². The van der Waals surface area contributed by atoms with Gasteiger partial charge in [0.25, 0.3) is 0 Å². The first-order valence-corrected chi connectivity index (χ1v) is 6.98. The fourth-order valence-electron chi connectivity index (χ4n) is 2.38. The lowest BCUT2D eigenvalue weighted by Gasteiger charge is -2.18. The van der Waals surface area contributed by atoms with Gasteiger partial charge in [-0.2, -0.15) is 5.10 Å². The first-order valence-electron chi connectivity index (χ1n) is 6.98. The quantitative estimate of drug-likeness (QED) is 0.878. The summed E-state index contributed by atoms with van der Waals surface area (Å²) >= 11 is 0. The molecule has 2 aromatic rings. The van der Waals surface area contributed by atoms with Crippen molar-refractivity contribution in [2.45, 2.75) is 33.4 Å². The van der Waals surface area contributed by atoms with E-state index in [9.17, 15) is 0 Å². The Balaban J connectivity index is 2.38. The number of pyridine rings is 1. The molecule has 0 aliphatic heterocycles. The van der Waals surface area contributed by atoms with E-state index in [-0.39, 0.29) is 6.04 Å². The van der Waals surface area contributed by atoms with Gasteiger partial charge in [0.1, 0.15) is 5.75 Å². The van der Waals surface area contributed by atoms with Crippen LogP contribution in [-0.4, -0.2) is 28.4 Å². The zero-order chi connectivity index (χ0) is 14.5. The van der Waals surface area contributed by atoms with Crippen molar-refractivity contribution >= 4 is 0 Å². The molecule has 2 aromatic heterocycles. The third-order valence-electron chi connectivity index (χ3n) is 3.20. The zero-order valence-electron chi connectivity index (χ0n) is 12.6. The minimum atomic E-state index is 0.0593. The molecule has 1 unspecified atom stereocenters. The Bertz CT molecular complexity index is 565. The van der Waals surface area contributed by atoms with Crippen molar-refractivity contribution in [3.8, 4) is 5.75 Å². The van der Waals surface area contributed by atoms with Gasteiger partial charge < -0.3 is 10.1 Å². The Kier molecular flexibility index (Phi) is 4.74. The van der Waals surface area contributed by atoms with Crippen LogP contribution in [0.2, 0.25) is 0 Å². The summed E-state index contributed by atoms with van der Waals surface area (Å²) in [5.41, 5.74) is 3.24. The highest BCUT2D eigenvalue weighted by Gasteiger charge is 2.18. The number of aryl methyl sites for hydroxylation is 2. The minimum Gasteiger partial charge on any atom is -0.492 e. The van der Waals surface area contributed by atoms with Gasteiger partial charge in [-0.15, -0.1) is 0 Å². The smallest absolute Gasteiger partial charge is 0.137 e. The Morgan fingerprint density at radius 1 is 1.30 bits per heavy atom. The third-order valence-corrected chi connectivity index (χ3v) is 3.20. The van der Waals surface area contributed by atoms with E-state index in [1.165, 1.54) is 0 Å². The second-order valence-electron chi connectivity index (χ2n) is 4.64. The van der Waals surface area contributed by atoms with E-state index in [0.717, 1.165) is 29.2 Å². The number of nitrogens with zero attached hydrogens (tertiary/aromatic N) is 3. The predicted octanol–water partition coefficient (Wildman–Crippen LogP) is 2.31. The number of hydrogen-bond donors (Lipinski definition) is 1. The average Bonchev–Trinajstić information content (AvgIpc) is 2.82. The molecule has 5 heteroatoms. The Labute approximate surface area is 120 Å². The molecular formula is C15H22N4O. The first kappa shape index (κ1) is 14.5. The van der Waals surface area contributed by atoms with Crippen LogP contribution in [0.3, 0.4) is 0 Å². The van der Waals surface area contributed by atoms with Gasteiger partial charge in [0.15, 0.2) is 0 Å². The average molecular weight is 274 g/mol. The van der Waals surface area contributed by atoms with Crippen LogP contribution >= 0.6 is 0 Å². The van der Waals surface area contributed by atoms with Gasteiger partial charge in [-0.25, -0.2) is 0 Å². The van der Waals surface area contributed by atoms with Gasteiger partial charge in [0.05, 0.1) is 30.2 Å². The van der Waals surface area contributed by atoms with Gasteiger partial charge in [0.2, 0.25) is 0 Å². The molecule has 0 aromatic carbocycles. The fraction of sp³-hybridized carbons (Fsp3) is 0.467. The van der Waals surface area contributed by atoms with Crippen LogP contribution in [0.25, 0.3) is 0 Å². The van der Waals surface area contributed by atoms with E-state index < -0.39 is 0 Å². The van der Waals surface area contributed by atoms with E-state index in [2.05, 4.69) is 28.4 Å². The molecular weight excluding hydrogens is 252 g/mol. The monoisotopic (exact) mass is 274 g/mol. The standard InChI is InChI=1S/C15H22N4O/c1-5-19-14(7-11(3)18-19)15(16-4)12-8-13(20-6-2)10-17-9-12/h7-10,15-16H,5-6H2,1-4H3. The Morgan fingerprint density at radius 3 is 2.75 bits per heavy atom. The van der Waals surface area contributed by atoms with Crippen molar-refractivity contribution in [3.63, 3.8) is 0 Å². The molecule has 0 radical (unpaired) electrons. The number of nitrogens with one attached hydrogen (secondary N) is 1. The summed E-state index contributed by atoms with van der Waals surface area (Å²) in [5.74, 6) is 0.796. The molecule has 0 saturated heterocycles. The van der Waals surface area contributed by atoms with Crippen LogP contribution in [0.5, 0.6) is 5.75 Å². The fourth-order valence-corrected chi connectivity index (χ4v) is 2.38. The van der Waals surface area contributed by atoms with Crippen molar-refractivity contribution in [1.82, 2.24) is 20.1 Å². The molecule has 5 nitrogen and oxygen atoms in total. The van der Waals surface area contributed by atoms with Crippen molar-refractivity contribution < 1.29 is 4.74 Å². The summed E-state index contributed by atoms with van der Waals surface area (Å²) in [5, 5.41) is 7.84. The van der Waals surface area contributed by atoms with E-state index in [4.69, 9.17) is 4.74 Å². The molecule has 0 aliphatic carbocycles. The molecule has 0 spiro atoms. The van der Waals surface area contributed by atoms with Crippen LogP contribution in [0.1, 0.15) is 36.8 Å². The first-order chi connectivity index (χ1) is 9.69. The minimum absolute atomic E-state index is 0.0593. The van der Waals surface area contributed by atoms with Crippen molar-refractivity contribution in [1.29, 1.82) is 0 Å². The second-order valence-corrected chi connectivity index (χ2v) is 4.64. The maximum atomic E-state index is 5.53. The Morgan fingerprint density at radius 2 is 2.10 bits per heavy atom. The lowest BCUT2D eigenvalue weighted by Crippen LogP contribution is -2.21. The maximum Gasteiger partial charge on any atom is 0.137 e. The van der Waals surface area contributed by atoms with Crippen LogP contribution in [0.15, 0.2) is 24.5 Å². The largest absolute Gasteiger partial charge is 0.492 e. The molecule has 1 N–H and O–H groups in total. The molecule has 0 bridgehead atoms. The van der Waals surface area contributed by atoms with Gasteiger partial charge in [-0.3, -0.25) is 9.67 Å². The van der Waals surface area contributed by atoms with E-state index in [1.54, 1.807) is 6.20 Å². The molecule has 0 fully saturated rings. The normalized spacial score (nSPS) is 12.4.